The van der Waals surface area contributed by atoms with Crippen LogP contribution in [0.5, 0.6) is 5.75 Å². The number of anilines is 2. The van der Waals surface area contributed by atoms with Crippen molar-refractivity contribution in [2.75, 3.05) is 23.5 Å². The molecule has 0 radical (unpaired) electrons. The number of carbonyl (C=O) groups excluding carboxylic acids is 1. The molecule has 6 heteroatoms. The Labute approximate surface area is 176 Å². The quantitative estimate of drug-likeness (QED) is 0.720. The Kier molecular flexibility index (Phi) is 6.09. The van der Waals surface area contributed by atoms with Crippen LogP contribution in [0.25, 0.3) is 0 Å². The molecule has 2 N–H and O–H groups in total. The van der Waals surface area contributed by atoms with Crippen molar-refractivity contribution in [2.45, 2.75) is 44.2 Å². The summed E-state index contributed by atoms with van der Waals surface area (Å²) in [5.41, 5.74) is 2.66. The van der Waals surface area contributed by atoms with E-state index in [4.69, 9.17) is 9.73 Å². The van der Waals surface area contributed by atoms with Crippen LogP contribution in [0.3, 0.4) is 0 Å². The van der Waals surface area contributed by atoms with Crippen molar-refractivity contribution >= 4 is 34.1 Å². The monoisotopic (exact) mass is 409 g/mol. The van der Waals surface area contributed by atoms with Crippen LogP contribution in [0.4, 0.5) is 11.4 Å². The lowest BCUT2D eigenvalue weighted by molar-refractivity contribution is -0.113. The number of benzene rings is 2. The van der Waals surface area contributed by atoms with Crippen molar-refractivity contribution in [3.05, 3.63) is 54.1 Å². The zero-order chi connectivity index (χ0) is 20.1. The van der Waals surface area contributed by atoms with E-state index in [-0.39, 0.29) is 11.6 Å². The second-order valence-corrected chi connectivity index (χ2v) is 8.53. The molecule has 0 atom stereocenters. The van der Waals surface area contributed by atoms with Crippen LogP contribution >= 0.6 is 11.8 Å². The van der Waals surface area contributed by atoms with Gasteiger partial charge >= 0.3 is 0 Å². The summed E-state index contributed by atoms with van der Waals surface area (Å²) in [6.45, 7) is 0. The molecule has 2 aromatic carbocycles. The Morgan fingerprint density at radius 2 is 1.83 bits per heavy atom. The number of thioether (sulfide) groups is 1. The second-order valence-electron chi connectivity index (χ2n) is 7.57. The number of nitrogens with zero attached hydrogens (tertiary/aromatic N) is 1. The molecular weight excluding hydrogens is 382 g/mol. The van der Waals surface area contributed by atoms with E-state index in [9.17, 15) is 4.79 Å². The molecule has 1 aliphatic heterocycles. The van der Waals surface area contributed by atoms with Gasteiger partial charge in [0.05, 0.1) is 18.6 Å². The third kappa shape index (κ3) is 4.58. The highest BCUT2D eigenvalue weighted by Crippen LogP contribution is 2.39. The second kappa shape index (κ2) is 8.91. The van der Waals surface area contributed by atoms with Gasteiger partial charge in [0.25, 0.3) is 0 Å². The van der Waals surface area contributed by atoms with E-state index in [2.05, 4.69) is 28.8 Å². The number of hydrogen-bond donors (Lipinski definition) is 2. The number of methoxy groups -OCH3 is 1. The van der Waals surface area contributed by atoms with Gasteiger partial charge in [-0.25, -0.2) is 4.99 Å². The lowest BCUT2D eigenvalue weighted by Crippen LogP contribution is -2.40. The summed E-state index contributed by atoms with van der Waals surface area (Å²) >= 11 is 1.51. The number of carbonyl (C=O) groups is 1. The van der Waals surface area contributed by atoms with Crippen molar-refractivity contribution in [1.82, 2.24) is 0 Å². The van der Waals surface area contributed by atoms with Crippen molar-refractivity contribution in [3.63, 3.8) is 0 Å². The van der Waals surface area contributed by atoms with E-state index in [1.54, 1.807) is 7.11 Å². The molecule has 1 spiro atoms. The van der Waals surface area contributed by atoms with Gasteiger partial charge in [-0.15, -0.1) is 0 Å². The van der Waals surface area contributed by atoms with Crippen LogP contribution in [-0.2, 0) is 4.79 Å². The number of nitrogens with one attached hydrogen (secondary N) is 2. The van der Waals surface area contributed by atoms with Gasteiger partial charge in [0, 0.05) is 11.3 Å². The number of para-hydroxylation sites is 3. The summed E-state index contributed by atoms with van der Waals surface area (Å²) < 4.78 is 5.32. The Hall–Kier alpha value is -2.47. The van der Waals surface area contributed by atoms with Gasteiger partial charge in [-0.1, -0.05) is 54.9 Å². The van der Waals surface area contributed by atoms with E-state index >= 15 is 0 Å². The minimum Gasteiger partial charge on any atom is -0.495 e. The fraction of sp³-hybridized carbons (Fsp3) is 0.391. The van der Waals surface area contributed by atoms with E-state index < -0.39 is 0 Å². The summed E-state index contributed by atoms with van der Waals surface area (Å²) in [5.74, 6) is 0.905. The van der Waals surface area contributed by atoms with Crippen LogP contribution in [0.1, 0.15) is 44.1 Å². The first-order chi connectivity index (χ1) is 14.2. The van der Waals surface area contributed by atoms with E-state index in [1.165, 1.54) is 37.4 Å². The molecule has 0 unspecified atom stereocenters. The zero-order valence-electron chi connectivity index (χ0n) is 16.7. The maximum Gasteiger partial charge on any atom is 0.234 e. The average Bonchev–Trinajstić information content (AvgIpc) is 2.97. The number of hydrogen-bond acceptors (Lipinski definition) is 5. The molecule has 0 bridgehead atoms. The Morgan fingerprint density at radius 1 is 1.10 bits per heavy atom. The molecule has 1 aliphatic carbocycles. The van der Waals surface area contributed by atoms with Gasteiger partial charge in [0.2, 0.25) is 5.91 Å². The summed E-state index contributed by atoms with van der Waals surface area (Å²) in [6.07, 6.45) is 6.99. The highest BCUT2D eigenvalue weighted by molar-refractivity contribution is 8.15. The predicted molar refractivity (Wildman–Crippen MR) is 121 cm³/mol. The van der Waals surface area contributed by atoms with Crippen LogP contribution in [0.2, 0.25) is 0 Å². The third-order valence-corrected chi connectivity index (χ3v) is 6.48. The highest BCUT2D eigenvalue weighted by Gasteiger charge is 2.35. The summed E-state index contributed by atoms with van der Waals surface area (Å²) in [7, 11) is 1.60. The molecule has 1 heterocycles. The maximum absolute atomic E-state index is 12.6. The van der Waals surface area contributed by atoms with Gasteiger partial charge in [-0.05, 0) is 43.9 Å². The first-order valence-electron chi connectivity index (χ1n) is 10.2. The molecule has 4 rings (SSSR count). The molecule has 0 saturated heterocycles. The van der Waals surface area contributed by atoms with Crippen molar-refractivity contribution in [2.24, 2.45) is 4.99 Å². The van der Waals surface area contributed by atoms with Gasteiger partial charge in [-0.2, -0.15) is 0 Å². The number of aliphatic imine (C=N–C) groups is 1. The Balaban J connectivity index is 1.51. The van der Waals surface area contributed by atoms with Crippen molar-refractivity contribution in [3.8, 4) is 5.75 Å². The average molecular weight is 410 g/mol. The first kappa shape index (κ1) is 19.8. The molecule has 1 amide bonds. The van der Waals surface area contributed by atoms with E-state index in [0.29, 0.717) is 17.2 Å². The van der Waals surface area contributed by atoms with Crippen LogP contribution in [0.15, 0.2) is 53.5 Å². The topological polar surface area (TPSA) is 62.7 Å². The molecule has 29 heavy (non-hydrogen) atoms. The SMILES string of the molecule is COc1ccccc1NC(=O)CSC1=NC2(CCCCCC2)Nc2ccccc21. The van der Waals surface area contributed by atoms with Gasteiger partial charge in [-0.3, -0.25) is 4.79 Å². The summed E-state index contributed by atoms with van der Waals surface area (Å²) in [6, 6.07) is 15.7. The lowest BCUT2D eigenvalue weighted by atomic mass is 9.97. The largest absolute Gasteiger partial charge is 0.495 e. The van der Waals surface area contributed by atoms with E-state index in [0.717, 1.165) is 29.1 Å². The third-order valence-electron chi connectivity index (χ3n) is 5.49. The van der Waals surface area contributed by atoms with Gasteiger partial charge < -0.3 is 15.4 Å². The fourth-order valence-electron chi connectivity index (χ4n) is 4.04. The molecule has 0 aromatic heterocycles. The lowest BCUT2D eigenvalue weighted by Gasteiger charge is -2.36. The standard InChI is InChI=1S/C23H27N3O2S/c1-28-20-13-7-6-12-19(20)24-21(27)16-29-22-17-10-4-5-11-18(17)25-23(26-22)14-8-2-3-9-15-23/h4-7,10-13,25H,2-3,8-9,14-16H2,1H3,(H,24,27). The predicted octanol–water partition coefficient (Wildman–Crippen LogP) is 5.29. The zero-order valence-corrected chi connectivity index (χ0v) is 17.6. The van der Waals surface area contributed by atoms with Gasteiger partial charge in [0.1, 0.15) is 16.5 Å². The maximum atomic E-state index is 12.6. The van der Waals surface area contributed by atoms with Crippen LogP contribution < -0.4 is 15.4 Å². The number of amides is 1. The smallest absolute Gasteiger partial charge is 0.234 e. The van der Waals surface area contributed by atoms with Crippen molar-refractivity contribution < 1.29 is 9.53 Å². The number of ether oxygens (including phenoxy) is 1. The van der Waals surface area contributed by atoms with Gasteiger partial charge in [0.15, 0.2) is 0 Å². The Bertz CT molecular complexity index is 905. The van der Waals surface area contributed by atoms with Crippen molar-refractivity contribution in [1.29, 1.82) is 0 Å². The minimum absolute atomic E-state index is 0.0619. The number of rotatable bonds is 4. The summed E-state index contributed by atoms with van der Waals surface area (Å²) in [4.78, 5) is 17.8. The molecule has 2 aliphatic rings. The molecular formula is C23H27N3O2S. The number of fused-ring (bicyclic) bond motifs is 1. The van der Waals surface area contributed by atoms with Crippen LogP contribution in [0, 0.1) is 0 Å². The fourth-order valence-corrected chi connectivity index (χ4v) is 4.95. The molecule has 1 fully saturated rings. The minimum atomic E-state index is -0.230. The molecule has 5 nitrogen and oxygen atoms in total. The Morgan fingerprint density at radius 3 is 2.62 bits per heavy atom. The first-order valence-corrected chi connectivity index (χ1v) is 11.2. The molecule has 2 aromatic rings. The summed E-state index contributed by atoms with van der Waals surface area (Å²) in [5, 5.41) is 7.61. The molecule has 152 valence electrons. The van der Waals surface area contributed by atoms with Crippen LogP contribution in [-0.4, -0.2) is 29.5 Å². The highest BCUT2D eigenvalue weighted by atomic mass is 32.2. The normalized spacial score (nSPS) is 17.5. The molecule has 1 saturated carbocycles. The van der Waals surface area contributed by atoms with E-state index in [1.807, 2.05) is 30.3 Å².